The minimum atomic E-state index is -1.54. The van der Waals surface area contributed by atoms with E-state index in [1.54, 1.807) is 19.9 Å². The predicted octanol–water partition coefficient (Wildman–Crippen LogP) is -0.182. The highest BCUT2D eigenvalue weighted by atomic mass is 16.7. The van der Waals surface area contributed by atoms with E-state index in [1.165, 1.54) is 12.1 Å². The number of hydrogen-bond acceptors (Lipinski definition) is 10. The summed E-state index contributed by atoms with van der Waals surface area (Å²) < 4.78 is 16.1. The summed E-state index contributed by atoms with van der Waals surface area (Å²) in [4.78, 5) is 12.2. The third-order valence-corrected chi connectivity index (χ3v) is 5.18. The van der Waals surface area contributed by atoms with E-state index >= 15 is 0 Å². The van der Waals surface area contributed by atoms with E-state index in [9.17, 15) is 35.4 Å². The largest absolute Gasteiger partial charge is 0.507 e. The minimum absolute atomic E-state index is 0.0259. The predicted molar refractivity (Wildman–Crippen MR) is 108 cm³/mol. The molecule has 170 valence electrons. The molecule has 5 atom stereocenters. The molecule has 0 spiro atoms. The van der Waals surface area contributed by atoms with Crippen molar-refractivity contribution in [1.82, 2.24) is 0 Å². The molecule has 2 aromatic rings. The standard InChI is InChI=1S/C21H26O10/c1-9(8-29-21-20(28)19(27)18(26)15(7-22)31-21)3-4-11-12(23)6-14-16(17(11)25)13(24)5-10(2)30-14/h3,5-6,15,18-23,25-28H,4,7-8H2,1-2H3/b9-3-/t15?,18-,19+,20?,21-/m1/s1. The number of rotatable bonds is 6. The van der Waals surface area contributed by atoms with Crippen molar-refractivity contribution < 1.29 is 44.5 Å². The molecule has 2 heterocycles. The second-order valence-corrected chi connectivity index (χ2v) is 7.58. The van der Waals surface area contributed by atoms with Crippen molar-refractivity contribution in [3.05, 3.63) is 45.3 Å². The van der Waals surface area contributed by atoms with E-state index in [0.29, 0.717) is 11.3 Å². The Morgan fingerprint density at radius 1 is 1.16 bits per heavy atom. The number of allylic oxidation sites excluding steroid dienone is 1. The summed E-state index contributed by atoms with van der Waals surface area (Å²) in [6.07, 6.45) is -5.16. The lowest BCUT2D eigenvalue weighted by molar-refractivity contribution is -0.299. The fraction of sp³-hybridized carbons (Fsp3) is 0.476. The normalized spacial score (nSPS) is 27.0. The van der Waals surface area contributed by atoms with Gasteiger partial charge in [0.05, 0.1) is 13.2 Å². The lowest BCUT2D eigenvalue weighted by Gasteiger charge is -2.39. The monoisotopic (exact) mass is 438 g/mol. The van der Waals surface area contributed by atoms with Gasteiger partial charge in [-0.15, -0.1) is 0 Å². The number of aryl methyl sites for hydroxylation is 1. The van der Waals surface area contributed by atoms with Crippen LogP contribution in [0.2, 0.25) is 0 Å². The Balaban J connectivity index is 1.72. The maximum absolute atomic E-state index is 12.2. The fourth-order valence-corrected chi connectivity index (χ4v) is 3.41. The van der Waals surface area contributed by atoms with Gasteiger partial charge >= 0.3 is 0 Å². The van der Waals surface area contributed by atoms with Gasteiger partial charge in [-0.3, -0.25) is 4.79 Å². The van der Waals surface area contributed by atoms with Crippen molar-refractivity contribution in [2.75, 3.05) is 13.2 Å². The molecule has 1 aromatic carbocycles. The van der Waals surface area contributed by atoms with E-state index < -0.39 is 42.7 Å². The molecule has 0 radical (unpaired) electrons. The fourth-order valence-electron chi connectivity index (χ4n) is 3.41. The Hall–Kier alpha value is -2.47. The topological polar surface area (TPSA) is 170 Å². The smallest absolute Gasteiger partial charge is 0.196 e. The average Bonchev–Trinajstić information content (AvgIpc) is 2.70. The number of benzene rings is 1. The molecule has 10 nitrogen and oxygen atoms in total. The summed E-state index contributed by atoms with van der Waals surface area (Å²) in [6, 6.07) is 2.52. The van der Waals surface area contributed by atoms with Crippen LogP contribution in [0.1, 0.15) is 18.2 Å². The molecule has 0 aliphatic carbocycles. The number of fused-ring (bicyclic) bond motifs is 1. The number of phenolic OH excluding ortho intramolecular Hbond substituents is 2. The summed E-state index contributed by atoms with van der Waals surface area (Å²) in [6.45, 7) is 2.67. The van der Waals surface area contributed by atoms with Gasteiger partial charge < -0.3 is 44.5 Å². The van der Waals surface area contributed by atoms with Gasteiger partial charge in [-0.1, -0.05) is 11.6 Å². The first-order valence-corrected chi connectivity index (χ1v) is 9.70. The van der Waals surface area contributed by atoms with E-state index in [4.69, 9.17) is 13.9 Å². The van der Waals surface area contributed by atoms with Crippen LogP contribution in [0.4, 0.5) is 0 Å². The molecule has 1 fully saturated rings. The van der Waals surface area contributed by atoms with Gasteiger partial charge in [0.2, 0.25) is 0 Å². The van der Waals surface area contributed by atoms with Crippen LogP contribution < -0.4 is 5.43 Å². The van der Waals surface area contributed by atoms with E-state index in [1.807, 2.05) is 0 Å². The van der Waals surface area contributed by atoms with Gasteiger partial charge in [-0.05, 0) is 20.3 Å². The van der Waals surface area contributed by atoms with Crippen LogP contribution in [0.15, 0.2) is 33.0 Å². The summed E-state index contributed by atoms with van der Waals surface area (Å²) >= 11 is 0. The van der Waals surface area contributed by atoms with Crippen molar-refractivity contribution in [3.8, 4) is 11.5 Å². The highest BCUT2D eigenvalue weighted by molar-refractivity contribution is 5.86. The molecular formula is C21H26O10. The highest BCUT2D eigenvalue weighted by Crippen LogP contribution is 2.35. The molecule has 1 aliphatic heterocycles. The maximum Gasteiger partial charge on any atom is 0.196 e. The van der Waals surface area contributed by atoms with Crippen molar-refractivity contribution in [2.45, 2.75) is 51.0 Å². The van der Waals surface area contributed by atoms with E-state index in [-0.39, 0.29) is 41.1 Å². The molecule has 1 aromatic heterocycles. The Kier molecular flexibility index (Phi) is 6.99. The van der Waals surface area contributed by atoms with Crippen molar-refractivity contribution in [1.29, 1.82) is 0 Å². The minimum Gasteiger partial charge on any atom is -0.507 e. The summed E-state index contributed by atoms with van der Waals surface area (Å²) in [5, 5.41) is 59.5. The molecule has 2 unspecified atom stereocenters. The first-order chi connectivity index (χ1) is 14.6. The van der Waals surface area contributed by atoms with Crippen LogP contribution in [0.25, 0.3) is 11.0 Å². The number of aromatic hydroxyl groups is 2. The van der Waals surface area contributed by atoms with Crippen LogP contribution in [0.3, 0.4) is 0 Å². The molecule has 3 rings (SSSR count). The number of phenols is 2. The van der Waals surface area contributed by atoms with Gasteiger partial charge in [-0.25, -0.2) is 0 Å². The van der Waals surface area contributed by atoms with Gasteiger partial charge in [0.15, 0.2) is 11.7 Å². The second kappa shape index (κ2) is 9.35. The van der Waals surface area contributed by atoms with Crippen molar-refractivity contribution in [3.63, 3.8) is 0 Å². The Labute approximate surface area is 177 Å². The Morgan fingerprint density at radius 2 is 1.87 bits per heavy atom. The van der Waals surface area contributed by atoms with Gasteiger partial charge in [-0.2, -0.15) is 0 Å². The molecule has 10 heteroatoms. The molecule has 1 saturated heterocycles. The zero-order valence-corrected chi connectivity index (χ0v) is 17.1. The third-order valence-electron chi connectivity index (χ3n) is 5.18. The summed E-state index contributed by atoms with van der Waals surface area (Å²) in [7, 11) is 0. The molecule has 31 heavy (non-hydrogen) atoms. The zero-order chi connectivity index (χ0) is 22.9. The number of ether oxygens (including phenoxy) is 2. The average molecular weight is 438 g/mol. The lowest BCUT2D eigenvalue weighted by atomic mass is 9.99. The Morgan fingerprint density at radius 3 is 2.55 bits per heavy atom. The lowest BCUT2D eigenvalue weighted by Crippen LogP contribution is -2.59. The van der Waals surface area contributed by atoms with Gasteiger partial charge in [0.25, 0.3) is 0 Å². The highest BCUT2D eigenvalue weighted by Gasteiger charge is 2.43. The van der Waals surface area contributed by atoms with E-state index in [2.05, 4.69) is 0 Å². The third kappa shape index (κ3) is 4.74. The molecule has 6 N–H and O–H groups in total. The second-order valence-electron chi connectivity index (χ2n) is 7.58. The molecule has 0 amide bonds. The van der Waals surface area contributed by atoms with E-state index in [0.717, 1.165) is 0 Å². The molecule has 0 saturated carbocycles. The van der Waals surface area contributed by atoms with Crippen LogP contribution in [0, 0.1) is 6.92 Å². The first-order valence-electron chi connectivity index (χ1n) is 9.70. The summed E-state index contributed by atoms with van der Waals surface area (Å²) in [5.41, 5.74) is 0.419. The molecule has 0 bridgehead atoms. The number of hydrogen-bond donors (Lipinski definition) is 6. The van der Waals surface area contributed by atoms with Crippen LogP contribution >= 0.6 is 0 Å². The van der Waals surface area contributed by atoms with Crippen molar-refractivity contribution >= 4 is 11.0 Å². The van der Waals surface area contributed by atoms with Crippen LogP contribution in [0.5, 0.6) is 11.5 Å². The SMILES string of the molecule is C/C(=C/Cc1c(O)cc2oc(C)cc(=O)c2c1O)CO[C@@H]1OC(CO)[C@@H](O)[C@H](O)C1O. The maximum atomic E-state index is 12.2. The summed E-state index contributed by atoms with van der Waals surface area (Å²) in [5.74, 6) is -0.259. The van der Waals surface area contributed by atoms with Crippen LogP contribution in [-0.2, 0) is 15.9 Å². The van der Waals surface area contributed by atoms with Crippen LogP contribution in [-0.4, -0.2) is 74.6 Å². The number of aliphatic hydroxyl groups is 4. The quantitative estimate of drug-likeness (QED) is 0.333. The molecular weight excluding hydrogens is 412 g/mol. The van der Waals surface area contributed by atoms with Gasteiger partial charge in [0, 0.05) is 17.7 Å². The van der Waals surface area contributed by atoms with Crippen molar-refractivity contribution in [2.24, 2.45) is 0 Å². The van der Waals surface area contributed by atoms with Gasteiger partial charge in [0.1, 0.15) is 52.6 Å². The number of aliphatic hydroxyl groups excluding tert-OH is 4. The zero-order valence-electron chi connectivity index (χ0n) is 17.1. The molecule has 1 aliphatic rings. The first kappa shape index (κ1) is 23.2. The Bertz CT molecular complexity index is 1020.